The molecular weight excluding hydrogens is 208 g/mol. The maximum absolute atomic E-state index is 11.2. The van der Waals surface area contributed by atoms with Crippen LogP contribution in [-0.2, 0) is 14.6 Å². The van der Waals surface area contributed by atoms with E-state index in [9.17, 15) is 18.3 Å². The first-order valence-corrected chi connectivity index (χ1v) is 6.33. The highest BCUT2D eigenvalue weighted by molar-refractivity contribution is 7.91. The quantitative estimate of drug-likeness (QED) is 0.666. The first-order chi connectivity index (χ1) is 6.41. The molecule has 0 spiro atoms. The Balaban J connectivity index is 2.65. The molecule has 2 unspecified atom stereocenters. The van der Waals surface area contributed by atoms with E-state index in [1.807, 2.05) is 0 Å². The van der Waals surface area contributed by atoms with Crippen molar-refractivity contribution >= 4 is 15.8 Å². The second kappa shape index (κ2) is 4.27. The number of hydrogen-bond donors (Lipinski definition) is 2. The molecule has 1 saturated heterocycles. The number of carboxylic acids is 1. The smallest absolute Gasteiger partial charge is 0.303 e. The summed E-state index contributed by atoms with van der Waals surface area (Å²) in [6.07, 6.45) is -0.560. The van der Waals surface area contributed by atoms with Gasteiger partial charge in [0.15, 0.2) is 0 Å². The van der Waals surface area contributed by atoms with E-state index in [0.29, 0.717) is 0 Å². The van der Waals surface area contributed by atoms with Crippen LogP contribution in [0, 0.1) is 5.92 Å². The fourth-order valence-corrected chi connectivity index (χ4v) is 3.09. The van der Waals surface area contributed by atoms with E-state index < -0.39 is 27.8 Å². The lowest BCUT2D eigenvalue weighted by Crippen LogP contribution is -2.22. The Morgan fingerprint density at radius 1 is 1.29 bits per heavy atom. The minimum Gasteiger partial charge on any atom is -0.481 e. The summed E-state index contributed by atoms with van der Waals surface area (Å²) in [6, 6.07) is 0. The van der Waals surface area contributed by atoms with Gasteiger partial charge >= 0.3 is 5.97 Å². The average Bonchev–Trinajstić information content (AvgIpc) is 2.17. The molecule has 1 heterocycles. The largest absolute Gasteiger partial charge is 0.481 e. The summed E-state index contributed by atoms with van der Waals surface area (Å²) in [6.45, 7) is 0. The fraction of sp³-hybridized carbons (Fsp3) is 0.875. The zero-order valence-electron chi connectivity index (χ0n) is 7.72. The van der Waals surface area contributed by atoms with E-state index in [1.54, 1.807) is 0 Å². The molecule has 5 nitrogen and oxygen atoms in total. The van der Waals surface area contributed by atoms with Gasteiger partial charge < -0.3 is 10.2 Å². The number of aliphatic carboxylic acids is 1. The highest BCUT2D eigenvalue weighted by atomic mass is 32.2. The molecule has 6 heteroatoms. The Bertz CT molecular complexity index is 308. The number of hydrogen-bond acceptors (Lipinski definition) is 4. The van der Waals surface area contributed by atoms with Crippen molar-refractivity contribution in [1.82, 2.24) is 0 Å². The van der Waals surface area contributed by atoms with Crippen molar-refractivity contribution in [3.8, 4) is 0 Å². The summed E-state index contributed by atoms with van der Waals surface area (Å²) < 4.78 is 22.4. The van der Waals surface area contributed by atoms with Crippen molar-refractivity contribution in [3.05, 3.63) is 0 Å². The van der Waals surface area contributed by atoms with E-state index >= 15 is 0 Å². The minimum absolute atomic E-state index is 0.0119. The molecule has 0 aliphatic carbocycles. The highest BCUT2D eigenvalue weighted by Crippen LogP contribution is 2.22. The van der Waals surface area contributed by atoms with Gasteiger partial charge in [-0.1, -0.05) is 0 Å². The molecule has 2 atom stereocenters. The van der Waals surface area contributed by atoms with Crippen molar-refractivity contribution in [3.63, 3.8) is 0 Å². The van der Waals surface area contributed by atoms with Crippen molar-refractivity contribution in [2.45, 2.75) is 25.4 Å². The van der Waals surface area contributed by atoms with E-state index in [2.05, 4.69) is 0 Å². The number of rotatable bonds is 2. The lowest BCUT2D eigenvalue weighted by atomic mass is 9.94. The van der Waals surface area contributed by atoms with E-state index in [1.165, 1.54) is 0 Å². The number of sulfone groups is 1. The summed E-state index contributed by atoms with van der Waals surface area (Å²) in [4.78, 5) is 10.4. The van der Waals surface area contributed by atoms with Gasteiger partial charge in [0.05, 0.1) is 24.0 Å². The molecular formula is C8H14O5S. The van der Waals surface area contributed by atoms with E-state index in [4.69, 9.17) is 5.11 Å². The minimum atomic E-state index is -3.07. The normalized spacial score (nSPS) is 32.1. The van der Waals surface area contributed by atoms with Crippen LogP contribution in [0.15, 0.2) is 0 Å². The number of carbonyl (C=O) groups is 1. The van der Waals surface area contributed by atoms with Gasteiger partial charge in [0, 0.05) is 0 Å². The van der Waals surface area contributed by atoms with Gasteiger partial charge in [-0.2, -0.15) is 0 Å². The molecule has 0 saturated carbocycles. The monoisotopic (exact) mass is 222 g/mol. The van der Waals surface area contributed by atoms with Gasteiger partial charge in [0.1, 0.15) is 9.84 Å². The Morgan fingerprint density at radius 3 is 2.43 bits per heavy atom. The molecule has 1 rings (SSSR count). The van der Waals surface area contributed by atoms with Crippen LogP contribution in [-0.4, -0.2) is 42.2 Å². The second-order valence-corrected chi connectivity index (χ2v) is 5.96. The summed E-state index contributed by atoms with van der Waals surface area (Å²) in [5.74, 6) is -1.47. The molecule has 1 aliphatic heterocycles. The van der Waals surface area contributed by atoms with Crippen molar-refractivity contribution in [2.75, 3.05) is 11.5 Å². The molecule has 0 aromatic heterocycles. The van der Waals surface area contributed by atoms with Crippen LogP contribution in [0.2, 0.25) is 0 Å². The van der Waals surface area contributed by atoms with Crippen LogP contribution >= 0.6 is 0 Å². The van der Waals surface area contributed by atoms with Crippen LogP contribution in [0.25, 0.3) is 0 Å². The Labute approximate surface area is 82.7 Å². The topological polar surface area (TPSA) is 91.7 Å². The summed E-state index contributed by atoms with van der Waals surface area (Å²) in [5.41, 5.74) is 0. The number of aliphatic hydroxyl groups is 1. The maximum Gasteiger partial charge on any atom is 0.303 e. The van der Waals surface area contributed by atoms with Crippen molar-refractivity contribution < 1.29 is 23.4 Å². The number of carboxylic acid groups (broad SMARTS) is 1. The summed E-state index contributed by atoms with van der Waals surface area (Å²) in [7, 11) is -3.07. The van der Waals surface area contributed by atoms with Crippen molar-refractivity contribution in [1.29, 1.82) is 0 Å². The van der Waals surface area contributed by atoms with Crippen LogP contribution in [0.3, 0.4) is 0 Å². The van der Waals surface area contributed by atoms with Gasteiger partial charge in [-0.25, -0.2) is 8.42 Å². The first-order valence-electron chi connectivity index (χ1n) is 4.51. The third-order valence-electron chi connectivity index (χ3n) is 2.51. The van der Waals surface area contributed by atoms with Crippen LogP contribution in [0.1, 0.15) is 19.3 Å². The molecule has 14 heavy (non-hydrogen) atoms. The zero-order valence-corrected chi connectivity index (χ0v) is 8.53. The number of aliphatic hydroxyl groups excluding tert-OH is 1. The molecule has 0 radical (unpaired) electrons. The SMILES string of the molecule is O=C(O)CC1CCS(=O)(=O)CCC1O. The maximum atomic E-state index is 11.2. The predicted octanol–water partition coefficient (Wildman–Crippen LogP) is -0.353. The lowest BCUT2D eigenvalue weighted by molar-refractivity contribution is -0.139. The Kier molecular flexibility index (Phi) is 3.49. The van der Waals surface area contributed by atoms with E-state index in [0.717, 1.165) is 0 Å². The van der Waals surface area contributed by atoms with Crippen LogP contribution in [0.5, 0.6) is 0 Å². The third-order valence-corrected chi connectivity index (χ3v) is 4.22. The molecule has 2 N–H and O–H groups in total. The van der Waals surface area contributed by atoms with Gasteiger partial charge in [-0.05, 0) is 18.8 Å². The standard InChI is InChI=1S/C8H14O5S/c9-7-2-4-14(12,13)3-1-6(7)5-8(10)11/h6-7,9H,1-5H2,(H,10,11). The molecule has 1 aliphatic rings. The van der Waals surface area contributed by atoms with Crippen LogP contribution in [0.4, 0.5) is 0 Å². The zero-order chi connectivity index (χ0) is 10.8. The molecule has 0 aromatic rings. The third kappa shape index (κ3) is 3.26. The molecule has 82 valence electrons. The predicted molar refractivity (Wildman–Crippen MR) is 49.6 cm³/mol. The molecule has 0 bridgehead atoms. The molecule has 0 aromatic carbocycles. The first kappa shape index (κ1) is 11.5. The van der Waals surface area contributed by atoms with Gasteiger partial charge in [0.2, 0.25) is 0 Å². The summed E-state index contributed by atoms with van der Waals surface area (Å²) >= 11 is 0. The lowest BCUT2D eigenvalue weighted by Gasteiger charge is -2.16. The van der Waals surface area contributed by atoms with Gasteiger partial charge in [-0.3, -0.25) is 4.79 Å². The average molecular weight is 222 g/mol. The van der Waals surface area contributed by atoms with Gasteiger partial charge in [-0.15, -0.1) is 0 Å². The molecule has 0 amide bonds. The second-order valence-electron chi connectivity index (χ2n) is 3.65. The Morgan fingerprint density at radius 2 is 1.86 bits per heavy atom. The van der Waals surface area contributed by atoms with Crippen molar-refractivity contribution in [2.24, 2.45) is 5.92 Å². The highest BCUT2D eigenvalue weighted by Gasteiger charge is 2.29. The molecule has 1 fully saturated rings. The Hall–Kier alpha value is -0.620. The van der Waals surface area contributed by atoms with Gasteiger partial charge in [0.25, 0.3) is 0 Å². The van der Waals surface area contributed by atoms with E-state index in [-0.39, 0.29) is 30.8 Å². The summed E-state index contributed by atoms with van der Waals surface area (Å²) in [5, 5.41) is 18.0. The fourth-order valence-electron chi connectivity index (χ4n) is 1.62. The van der Waals surface area contributed by atoms with Crippen LogP contribution < -0.4 is 0 Å².